The van der Waals surface area contributed by atoms with Crippen LogP contribution in [0.1, 0.15) is 11.1 Å². The van der Waals surface area contributed by atoms with E-state index in [9.17, 15) is 8.42 Å². The van der Waals surface area contributed by atoms with E-state index in [0.717, 1.165) is 31.9 Å². The first-order valence-corrected chi connectivity index (χ1v) is 10.7. The third-order valence-electron chi connectivity index (χ3n) is 4.35. The minimum Gasteiger partial charge on any atom is -0.378 e. The van der Waals surface area contributed by atoms with Crippen molar-refractivity contribution in [2.75, 3.05) is 37.7 Å². The van der Waals surface area contributed by atoms with Gasteiger partial charge in [-0.3, -0.25) is 0 Å². The molecule has 0 saturated carbocycles. The number of anilines is 1. The Bertz CT molecular complexity index is 819. The highest BCUT2D eigenvalue weighted by Crippen LogP contribution is 2.18. The molecule has 0 spiro atoms. The molecule has 0 amide bonds. The number of ether oxygens (including phenoxy) is 1. The van der Waals surface area contributed by atoms with E-state index in [1.54, 1.807) is 24.3 Å². The Morgan fingerprint density at radius 1 is 1.04 bits per heavy atom. The van der Waals surface area contributed by atoms with E-state index >= 15 is 0 Å². The van der Waals surface area contributed by atoms with E-state index in [0.29, 0.717) is 23.6 Å². The van der Waals surface area contributed by atoms with Gasteiger partial charge in [-0.25, -0.2) is 13.1 Å². The molecule has 0 radical (unpaired) electrons. The van der Waals surface area contributed by atoms with Crippen LogP contribution in [0.2, 0.25) is 5.02 Å². The van der Waals surface area contributed by atoms with Gasteiger partial charge in [-0.1, -0.05) is 41.9 Å². The SMILES string of the molecule is O=S(=O)(Cc1ccccc1Cl)NCCc1ccc(N2CCOCC2)cc1. The zero-order valence-electron chi connectivity index (χ0n) is 14.5. The first-order chi connectivity index (χ1) is 12.5. The number of morpholine rings is 1. The molecule has 26 heavy (non-hydrogen) atoms. The predicted octanol–water partition coefficient (Wildman–Crippen LogP) is 2.84. The lowest BCUT2D eigenvalue weighted by atomic mass is 10.1. The Morgan fingerprint density at radius 2 is 1.73 bits per heavy atom. The van der Waals surface area contributed by atoms with Gasteiger partial charge in [0.05, 0.1) is 19.0 Å². The van der Waals surface area contributed by atoms with Crippen molar-refractivity contribution in [1.82, 2.24) is 4.72 Å². The van der Waals surface area contributed by atoms with Gasteiger partial charge in [-0.15, -0.1) is 0 Å². The van der Waals surface area contributed by atoms with Gasteiger partial charge in [0.1, 0.15) is 0 Å². The van der Waals surface area contributed by atoms with Gasteiger partial charge < -0.3 is 9.64 Å². The lowest BCUT2D eigenvalue weighted by Gasteiger charge is -2.28. The molecular formula is C19H23ClN2O3S. The topological polar surface area (TPSA) is 58.6 Å². The number of nitrogens with zero attached hydrogens (tertiary/aromatic N) is 1. The number of sulfonamides is 1. The van der Waals surface area contributed by atoms with Crippen LogP contribution in [0.5, 0.6) is 0 Å². The molecule has 3 rings (SSSR count). The van der Waals surface area contributed by atoms with Crippen LogP contribution in [0.15, 0.2) is 48.5 Å². The number of halogens is 1. The second-order valence-corrected chi connectivity index (χ2v) is 8.47. The van der Waals surface area contributed by atoms with Gasteiger partial charge in [0.15, 0.2) is 0 Å². The highest BCUT2D eigenvalue weighted by atomic mass is 35.5. The molecule has 1 heterocycles. The van der Waals surface area contributed by atoms with Crippen molar-refractivity contribution in [3.05, 3.63) is 64.7 Å². The van der Waals surface area contributed by atoms with E-state index in [1.807, 2.05) is 12.1 Å². The quantitative estimate of drug-likeness (QED) is 0.784. The fourth-order valence-electron chi connectivity index (χ4n) is 2.92. The molecule has 1 aliphatic heterocycles. The maximum absolute atomic E-state index is 12.2. The van der Waals surface area contributed by atoms with Crippen LogP contribution in [0, 0.1) is 0 Å². The van der Waals surface area contributed by atoms with E-state index in [4.69, 9.17) is 16.3 Å². The average Bonchev–Trinajstić information content (AvgIpc) is 2.65. The summed E-state index contributed by atoms with van der Waals surface area (Å²) in [6, 6.07) is 15.3. The molecule has 2 aromatic carbocycles. The van der Waals surface area contributed by atoms with Gasteiger partial charge in [-0.2, -0.15) is 0 Å². The lowest BCUT2D eigenvalue weighted by molar-refractivity contribution is 0.122. The van der Waals surface area contributed by atoms with Crippen molar-refractivity contribution < 1.29 is 13.2 Å². The second-order valence-electron chi connectivity index (χ2n) is 6.26. The molecule has 140 valence electrons. The fraction of sp³-hybridized carbons (Fsp3) is 0.368. The minimum absolute atomic E-state index is 0.108. The van der Waals surface area contributed by atoms with Gasteiger partial charge >= 0.3 is 0 Å². The Labute approximate surface area is 160 Å². The highest BCUT2D eigenvalue weighted by Gasteiger charge is 2.14. The summed E-state index contributed by atoms with van der Waals surface area (Å²) in [5.41, 5.74) is 2.88. The van der Waals surface area contributed by atoms with Gasteiger partial charge in [0.25, 0.3) is 0 Å². The number of hydrogen-bond donors (Lipinski definition) is 1. The zero-order valence-corrected chi connectivity index (χ0v) is 16.1. The summed E-state index contributed by atoms with van der Waals surface area (Å²) in [5.74, 6) is -0.108. The number of rotatable bonds is 7. The van der Waals surface area contributed by atoms with Crippen molar-refractivity contribution in [3.63, 3.8) is 0 Å². The summed E-state index contributed by atoms with van der Waals surface area (Å²) in [6.07, 6.45) is 0.644. The van der Waals surface area contributed by atoms with Crippen LogP contribution in [0.4, 0.5) is 5.69 Å². The molecule has 1 aliphatic rings. The molecule has 0 aromatic heterocycles. The van der Waals surface area contributed by atoms with Crippen molar-refractivity contribution in [3.8, 4) is 0 Å². The van der Waals surface area contributed by atoms with Crippen LogP contribution < -0.4 is 9.62 Å². The van der Waals surface area contributed by atoms with E-state index in [1.165, 1.54) is 5.69 Å². The summed E-state index contributed by atoms with van der Waals surface area (Å²) in [6.45, 7) is 3.69. The Kier molecular flexibility index (Phi) is 6.53. The smallest absolute Gasteiger partial charge is 0.215 e. The maximum Gasteiger partial charge on any atom is 0.215 e. The highest BCUT2D eigenvalue weighted by molar-refractivity contribution is 7.88. The Hall–Kier alpha value is -1.60. The molecule has 1 fully saturated rings. The van der Waals surface area contributed by atoms with E-state index in [-0.39, 0.29) is 5.75 Å². The summed E-state index contributed by atoms with van der Waals surface area (Å²) in [7, 11) is -3.41. The molecular weight excluding hydrogens is 372 g/mol. The van der Waals surface area contributed by atoms with Crippen LogP contribution in [0.3, 0.4) is 0 Å². The molecule has 1 N–H and O–H groups in total. The van der Waals surface area contributed by atoms with Crippen LogP contribution in [-0.2, 0) is 26.9 Å². The molecule has 0 atom stereocenters. The number of benzene rings is 2. The third kappa shape index (κ3) is 5.45. The lowest BCUT2D eigenvalue weighted by Crippen LogP contribution is -2.36. The predicted molar refractivity (Wildman–Crippen MR) is 105 cm³/mol. The Balaban J connectivity index is 1.50. The molecule has 1 saturated heterocycles. The molecule has 0 bridgehead atoms. The summed E-state index contributed by atoms with van der Waals surface area (Å²) in [4.78, 5) is 2.29. The molecule has 0 aliphatic carbocycles. The molecule has 0 unspecified atom stereocenters. The fourth-order valence-corrected chi connectivity index (χ4v) is 4.38. The normalized spacial score (nSPS) is 15.2. The first-order valence-electron chi connectivity index (χ1n) is 8.66. The number of hydrogen-bond acceptors (Lipinski definition) is 4. The monoisotopic (exact) mass is 394 g/mol. The maximum atomic E-state index is 12.2. The molecule has 2 aromatic rings. The second kappa shape index (κ2) is 8.86. The van der Waals surface area contributed by atoms with Crippen LogP contribution in [-0.4, -0.2) is 41.3 Å². The number of nitrogens with one attached hydrogen (secondary N) is 1. The summed E-state index contributed by atoms with van der Waals surface area (Å²) >= 11 is 6.04. The standard InChI is InChI=1S/C19H23ClN2O3S/c20-19-4-2-1-3-17(19)15-26(23,24)21-10-9-16-5-7-18(8-6-16)22-11-13-25-14-12-22/h1-8,21H,9-15H2. The van der Waals surface area contributed by atoms with Crippen molar-refractivity contribution >= 4 is 27.3 Å². The third-order valence-corrected chi connectivity index (χ3v) is 6.06. The van der Waals surface area contributed by atoms with Crippen molar-refractivity contribution in [2.45, 2.75) is 12.2 Å². The minimum atomic E-state index is -3.41. The zero-order chi connectivity index (χ0) is 18.4. The van der Waals surface area contributed by atoms with Crippen molar-refractivity contribution in [2.24, 2.45) is 0 Å². The molecule has 5 nitrogen and oxygen atoms in total. The first kappa shape index (κ1) is 19.2. The van der Waals surface area contributed by atoms with E-state index in [2.05, 4.69) is 21.8 Å². The van der Waals surface area contributed by atoms with Gasteiger partial charge in [0.2, 0.25) is 10.0 Å². The van der Waals surface area contributed by atoms with Crippen LogP contribution >= 0.6 is 11.6 Å². The van der Waals surface area contributed by atoms with Crippen molar-refractivity contribution in [1.29, 1.82) is 0 Å². The Morgan fingerprint density at radius 3 is 2.42 bits per heavy atom. The van der Waals surface area contributed by atoms with Gasteiger partial charge in [0, 0.05) is 30.3 Å². The molecule has 7 heteroatoms. The summed E-state index contributed by atoms with van der Waals surface area (Å²) in [5, 5.41) is 0.469. The van der Waals surface area contributed by atoms with E-state index < -0.39 is 10.0 Å². The largest absolute Gasteiger partial charge is 0.378 e. The van der Waals surface area contributed by atoms with Crippen LogP contribution in [0.25, 0.3) is 0 Å². The van der Waals surface area contributed by atoms with Gasteiger partial charge in [-0.05, 0) is 35.7 Å². The summed E-state index contributed by atoms with van der Waals surface area (Å²) < 4.78 is 32.4. The average molecular weight is 395 g/mol.